The molecule has 1 rings (SSSR count). The van der Waals surface area contributed by atoms with Gasteiger partial charge in [-0.3, -0.25) is 4.79 Å². The molecule has 0 aromatic heterocycles. The van der Waals surface area contributed by atoms with Crippen molar-refractivity contribution in [1.82, 2.24) is 0 Å². The number of ketones is 1. The van der Waals surface area contributed by atoms with E-state index in [1.54, 1.807) is 6.92 Å². The quantitative estimate of drug-likeness (QED) is 0.560. The van der Waals surface area contributed by atoms with Gasteiger partial charge in [0.05, 0.1) is 5.60 Å². The molecule has 0 bridgehead atoms. The van der Waals surface area contributed by atoms with Crippen LogP contribution in [-0.2, 0) is 4.79 Å². The van der Waals surface area contributed by atoms with Crippen molar-refractivity contribution in [3.05, 3.63) is 11.1 Å². The zero-order valence-corrected chi connectivity index (χ0v) is 7.98. The van der Waals surface area contributed by atoms with Crippen molar-refractivity contribution in [2.45, 2.75) is 45.6 Å². The molecule has 0 aromatic carbocycles. The molecule has 0 radical (unpaired) electrons. The van der Waals surface area contributed by atoms with Crippen molar-refractivity contribution < 1.29 is 9.90 Å². The minimum Gasteiger partial charge on any atom is -0.390 e. The number of rotatable bonds is 0. The van der Waals surface area contributed by atoms with Crippen LogP contribution in [0.4, 0.5) is 0 Å². The van der Waals surface area contributed by atoms with Crippen LogP contribution in [0.1, 0.15) is 40.0 Å². The molecule has 68 valence electrons. The smallest absolute Gasteiger partial charge is 0.161 e. The lowest BCUT2D eigenvalue weighted by molar-refractivity contribution is -0.122. The Morgan fingerprint density at radius 1 is 1.50 bits per heavy atom. The van der Waals surface area contributed by atoms with Crippen LogP contribution in [0.3, 0.4) is 0 Å². The molecule has 1 saturated carbocycles. The van der Waals surface area contributed by atoms with E-state index in [4.69, 9.17) is 0 Å². The third-order valence-corrected chi connectivity index (χ3v) is 2.40. The van der Waals surface area contributed by atoms with E-state index < -0.39 is 5.60 Å². The fraction of sp³-hybridized carbons (Fsp3) is 0.700. The Balaban J connectivity index is 2.81. The fourth-order valence-corrected chi connectivity index (χ4v) is 1.60. The lowest BCUT2D eigenvalue weighted by atomic mass is 9.81. The first-order chi connectivity index (χ1) is 5.42. The summed E-state index contributed by atoms with van der Waals surface area (Å²) in [5.41, 5.74) is 1.24. The monoisotopic (exact) mass is 168 g/mol. The zero-order valence-electron chi connectivity index (χ0n) is 7.98. The average Bonchev–Trinajstić information content (AvgIpc) is 1.83. The van der Waals surface area contributed by atoms with Gasteiger partial charge in [0.1, 0.15) is 0 Å². The van der Waals surface area contributed by atoms with E-state index in [0.717, 1.165) is 17.6 Å². The van der Waals surface area contributed by atoms with Gasteiger partial charge in [-0.25, -0.2) is 0 Å². The number of hydrogen-bond acceptors (Lipinski definition) is 2. The molecular weight excluding hydrogens is 152 g/mol. The number of hydrogen-bond donors (Lipinski definition) is 1. The Kier molecular flexibility index (Phi) is 2.38. The summed E-state index contributed by atoms with van der Waals surface area (Å²) in [6.07, 6.45) is 1.72. The summed E-state index contributed by atoms with van der Waals surface area (Å²) in [5, 5.41) is 9.60. The van der Waals surface area contributed by atoms with Gasteiger partial charge in [0, 0.05) is 6.42 Å². The lowest BCUT2D eigenvalue weighted by Gasteiger charge is -2.28. The first-order valence-corrected chi connectivity index (χ1v) is 4.34. The topological polar surface area (TPSA) is 37.3 Å². The SMILES string of the molecule is CC(C)=C1CCC(C)(O)CC1=O. The second kappa shape index (κ2) is 3.02. The minimum absolute atomic E-state index is 0.117. The highest BCUT2D eigenvalue weighted by molar-refractivity contribution is 5.97. The van der Waals surface area contributed by atoms with Crippen LogP contribution in [0.25, 0.3) is 0 Å². The predicted molar refractivity (Wildman–Crippen MR) is 47.9 cm³/mol. The lowest BCUT2D eigenvalue weighted by Crippen LogP contribution is -2.33. The Morgan fingerprint density at radius 3 is 2.50 bits per heavy atom. The van der Waals surface area contributed by atoms with Gasteiger partial charge in [-0.05, 0) is 39.2 Å². The number of allylic oxidation sites excluding steroid dienone is 2. The standard InChI is InChI=1S/C10H16O2/c1-7(2)8-4-5-10(3,12)6-9(8)11/h12H,4-6H2,1-3H3. The van der Waals surface area contributed by atoms with Crippen molar-refractivity contribution >= 4 is 5.78 Å². The summed E-state index contributed by atoms with van der Waals surface area (Å²) in [6, 6.07) is 0. The van der Waals surface area contributed by atoms with Crippen LogP contribution >= 0.6 is 0 Å². The number of carbonyl (C=O) groups is 1. The molecule has 2 heteroatoms. The van der Waals surface area contributed by atoms with E-state index in [9.17, 15) is 9.90 Å². The molecule has 1 N–H and O–H groups in total. The Labute approximate surface area is 73.3 Å². The number of Topliss-reactive ketones (excluding diaryl/α,β-unsaturated/α-hetero) is 1. The molecule has 0 saturated heterocycles. The summed E-state index contributed by atoms with van der Waals surface area (Å²) < 4.78 is 0. The average molecular weight is 168 g/mol. The second-order valence-corrected chi connectivity index (χ2v) is 4.08. The molecule has 1 aliphatic carbocycles. The van der Waals surface area contributed by atoms with Crippen LogP contribution in [0.2, 0.25) is 0 Å². The largest absolute Gasteiger partial charge is 0.390 e. The van der Waals surface area contributed by atoms with Gasteiger partial charge < -0.3 is 5.11 Å². The summed E-state index contributed by atoms with van der Waals surface area (Å²) in [6.45, 7) is 5.63. The molecule has 0 spiro atoms. The molecule has 1 unspecified atom stereocenters. The molecule has 1 atom stereocenters. The first-order valence-electron chi connectivity index (χ1n) is 4.34. The number of aliphatic hydroxyl groups is 1. The highest BCUT2D eigenvalue weighted by Crippen LogP contribution is 2.30. The summed E-state index contributed by atoms with van der Waals surface area (Å²) in [4.78, 5) is 11.4. The van der Waals surface area contributed by atoms with Crippen LogP contribution in [-0.4, -0.2) is 16.5 Å². The maximum atomic E-state index is 11.4. The first kappa shape index (κ1) is 9.46. The van der Waals surface area contributed by atoms with Gasteiger partial charge in [0.15, 0.2) is 5.78 Å². The van der Waals surface area contributed by atoms with Crippen LogP contribution in [0.5, 0.6) is 0 Å². The maximum Gasteiger partial charge on any atom is 0.161 e. The Hall–Kier alpha value is -0.630. The molecule has 12 heavy (non-hydrogen) atoms. The van der Waals surface area contributed by atoms with Crippen molar-refractivity contribution in [1.29, 1.82) is 0 Å². The van der Waals surface area contributed by atoms with Crippen LogP contribution < -0.4 is 0 Å². The Morgan fingerprint density at radius 2 is 2.08 bits per heavy atom. The minimum atomic E-state index is -0.768. The van der Waals surface area contributed by atoms with Gasteiger partial charge in [-0.2, -0.15) is 0 Å². The van der Waals surface area contributed by atoms with Crippen molar-refractivity contribution in [2.24, 2.45) is 0 Å². The van der Waals surface area contributed by atoms with Crippen molar-refractivity contribution in [3.8, 4) is 0 Å². The number of carbonyl (C=O) groups excluding carboxylic acids is 1. The van der Waals surface area contributed by atoms with Gasteiger partial charge in [-0.15, -0.1) is 0 Å². The highest BCUT2D eigenvalue weighted by Gasteiger charge is 2.31. The maximum absolute atomic E-state index is 11.4. The summed E-state index contributed by atoms with van der Waals surface area (Å²) >= 11 is 0. The molecule has 1 aliphatic rings. The second-order valence-electron chi connectivity index (χ2n) is 4.08. The van der Waals surface area contributed by atoms with Crippen molar-refractivity contribution in [2.75, 3.05) is 0 Å². The van der Waals surface area contributed by atoms with Gasteiger partial charge in [0.25, 0.3) is 0 Å². The zero-order chi connectivity index (χ0) is 9.35. The third-order valence-electron chi connectivity index (χ3n) is 2.40. The van der Waals surface area contributed by atoms with E-state index >= 15 is 0 Å². The van der Waals surface area contributed by atoms with Gasteiger partial charge >= 0.3 is 0 Å². The molecule has 0 amide bonds. The summed E-state index contributed by atoms with van der Waals surface area (Å²) in [7, 11) is 0. The summed E-state index contributed by atoms with van der Waals surface area (Å²) in [5.74, 6) is 0.117. The molecule has 0 aliphatic heterocycles. The fourth-order valence-electron chi connectivity index (χ4n) is 1.60. The van der Waals surface area contributed by atoms with E-state index in [0.29, 0.717) is 6.42 Å². The predicted octanol–water partition coefficient (Wildman–Crippen LogP) is 1.83. The molecular formula is C10H16O2. The van der Waals surface area contributed by atoms with E-state index in [1.807, 2.05) is 13.8 Å². The Bertz CT molecular complexity index is 232. The molecule has 2 nitrogen and oxygen atoms in total. The van der Waals surface area contributed by atoms with Gasteiger partial charge in [-0.1, -0.05) is 5.57 Å². The van der Waals surface area contributed by atoms with E-state index in [1.165, 1.54) is 0 Å². The molecule has 0 aromatic rings. The van der Waals surface area contributed by atoms with E-state index in [2.05, 4.69) is 0 Å². The van der Waals surface area contributed by atoms with Gasteiger partial charge in [0.2, 0.25) is 0 Å². The van der Waals surface area contributed by atoms with Crippen LogP contribution in [0, 0.1) is 0 Å². The van der Waals surface area contributed by atoms with Crippen molar-refractivity contribution in [3.63, 3.8) is 0 Å². The molecule has 1 fully saturated rings. The van der Waals surface area contributed by atoms with E-state index in [-0.39, 0.29) is 12.2 Å². The third kappa shape index (κ3) is 1.95. The normalized spacial score (nSPS) is 30.7. The molecule has 0 heterocycles. The van der Waals surface area contributed by atoms with Crippen LogP contribution in [0.15, 0.2) is 11.1 Å². The highest BCUT2D eigenvalue weighted by atomic mass is 16.3.